The fourth-order valence-electron chi connectivity index (χ4n) is 2.59. The number of unbranched alkanes of at least 4 members (excludes halogenated alkanes) is 3. The maximum atomic E-state index is 11.6. The Kier molecular flexibility index (Phi) is 6.56. The van der Waals surface area contributed by atoms with E-state index in [-0.39, 0.29) is 5.91 Å². The van der Waals surface area contributed by atoms with E-state index in [4.69, 9.17) is 5.73 Å². The van der Waals surface area contributed by atoms with E-state index in [1.807, 2.05) is 0 Å². The number of rotatable bonds is 8. The van der Waals surface area contributed by atoms with Gasteiger partial charge in [0.05, 0.1) is 0 Å². The van der Waals surface area contributed by atoms with Crippen molar-refractivity contribution in [1.29, 1.82) is 0 Å². The molecule has 1 aliphatic carbocycles. The number of hydrogen-bond acceptors (Lipinski definition) is 2. The van der Waals surface area contributed by atoms with Crippen molar-refractivity contribution in [3.63, 3.8) is 0 Å². The van der Waals surface area contributed by atoms with E-state index in [2.05, 4.69) is 12.2 Å². The van der Waals surface area contributed by atoms with Crippen molar-refractivity contribution in [2.24, 2.45) is 11.1 Å². The summed E-state index contributed by atoms with van der Waals surface area (Å²) in [5, 5.41) is 3.09. The summed E-state index contributed by atoms with van der Waals surface area (Å²) in [5.74, 6) is 0.228. The molecular weight excluding hydrogens is 212 g/mol. The summed E-state index contributed by atoms with van der Waals surface area (Å²) in [6, 6.07) is 0. The molecule has 1 amide bonds. The maximum absolute atomic E-state index is 11.6. The third-order valence-electron chi connectivity index (χ3n) is 3.88. The number of carbonyl (C=O) groups is 1. The standard InChI is InChI=1S/C14H28N2O/c1-14(9-5-6-10-14)12-16-13(17)8-4-2-3-7-11-15/h2-12,15H2,1H3,(H,16,17). The Hall–Kier alpha value is -0.570. The lowest BCUT2D eigenvalue weighted by atomic mass is 9.89. The van der Waals surface area contributed by atoms with Gasteiger partial charge in [-0.1, -0.05) is 32.6 Å². The van der Waals surface area contributed by atoms with Crippen molar-refractivity contribution in [3.05, 3.63) is 0 Å². The van der Waals surface area contributed by atoms with Gasteiger partial charge in [-0.05, 0) is 37.6 Å². The van der Waals surface area contributed by atoms with Crippen LogP contribution in [0.25, 0.3) is 0 Å². The monoisotopic (exact) mass is 240 g/mol. The first kappa shape index (κ1) is 14.5. The molecule has 1 aliphatic rings. The van der Waals surface area contributed by atoms with Crippen LogP contribution in [0.5, 0.6) is 0 Å². The molecule has 0 aromatic carbocycles. The molecule has 1 fully saturated rings. The van der Waals surface area contributed by atoms with Crippen molar-refractivity contribution in [3.8, 4) is 0 Å². The van der Waals surface area contributed by atoms with Crippen LogP contribution in [0.2, 0.25) is 0 Å². The number of amides is 1. The van der Waals surface area contributed by atoms with Gasteiger partial charge >= 0.3 is 0 Å². The van der Waals surface area contributed by atoms with Gasteiger partial charge in [-0.3, -0.25) is 4.79 Å². The van der Waals surface area contributed by atoms with Gasteiger partial charge < -0.3 is 11.1 Å². The number of carbonyl (C=O) groups excluding carboxylic acids is 1. The highest BCUT2D eigenvalue weighted by molar-refractivity contribution is 5.75. The third-order valence-corrected chi connectivity index (χ3v) is 3.88. The van der Waals surface area contributed by atoms with Gasteiger partial charge in [0.1, 0.15) is 0 Å². The Morgan fingerprint density at radius 1 is 1.18 bits per heavy atom. The molecule has 0 aliphatic heterocycles. The normalized spacial score (nSPS) is 18.2. The zero-order valence-corrected chi connectivity index (χ0v) is 11.3. The molecule has 1 rings (SSSR count). The highest BCUT2D eigenvalue weighted by Crippen LogP contribution is 2.36. The molecule has 17 heavy (non-hydrogen) atoms. The van der Waals surface area contributed by atoms with Gasteiger partial charge in [-0.15, -0.1) is 0 Å². The predicted octanol–water partition coefficient (Wildman–Crippen LogP) is 2.59. The number of nitrogens with two attached hydrogens (primary N) is 1. The molecule has 0 atom stereocenters. The van der Waals surface area contributed by atoms with Crippen LogP contribution in [0.1, 0.15) is 64.7 Å². The van der Waals surface area contributed by atoms with Crippen LogP contribution in [0.4, 0.5) is 0 Å². The second-order valence-electron chi connectivity index (χ2n) is 5.75. The van der Waals surface area contributed by atoms with Gasteiger partial charge in [0.25, 0.3) is 0 Å². The van der Waals surface area contributed by atoms with Crippen LogP contribution in [0.3, 0.4) is 0 Å². The molecule has 0 saturated heterocycles. The van der Waals surface area contributed by atoms with E-state index < -0.39 is 0 Å². The SMILES string of the molecule is CC1(CNC(=O)CCCCCCN)CCCC1. The molecule has 1 saturated carbocycles. The zero-order chi connectivity index (χ0) is 12.6. The fraction of sp³-hybridized carbons (Fsp3) is 0.929. The lowest BCUT2D eigenvalue weighted by molar-refractivity contribution is -0.121. The maximum Gasteiger partial charge on any atom is 0.220 e. The minimum absolute atomic E-state index is 0.228. The Morgan fingerprint density at radius 3 is 2.47 bits per heavy atom. The third kappa shape index (κ3) is 6.06. The average Bonchev–Trinajstić information content (AvgIpc) is 2.74. The summed E-state index contributed by atoms with van der Waals surface area (Å²) < 4.78 is 0. The molecule has 0 unspecified atom stereocenters. The summed E-state index contributed by atoms with van der Waals surface area (Å²) in [6.45, 7) is 3.93. The van der Waals surface area contributed by atoms with E-state index in [1.54, 1.807) is 0 Å². The molecule has 0 aromatic rings. The molecule has 0 radical (unpaired) electrons. The quantitative estimate of drug-likeness (QED) is 0.641. The molecule has 0 aromatic heterocycles. The fourth-order valence-corrected chi connectivity index (χ4v) is 2.59. The number of nitrogens with one attached hydrogen (secondary N) is 1. The number of hydrogen-bond donors (Lipinski definition) is 2. The molecule has 3 nitrogen and oxygen atoms in total. The highest BCUT2D eigenvalue weighted by Gasteiger charge is 2.28. The minimum atomic E-state index is 0.228. The minimum Gasteiger partial charge on any atom is -0.356 e. The first-order valence-corrected chi connectivity index (χ1v) is 7.13. The molecule has 0 spiro atoms. The molecule has 3 heteroatoms. The first-order valence-electron chi connectivity index (χ1n) is 7.13. The lowest BCUT2D eigenvalue weighted by Crippen LogP contribution is -2.33. The Balaban J connectivity index is 2.01. The van der Waals surface area contributed by atoms with Crippen molar-refractivity contribution in [2.45, 2.75) is 64.7 Å². The van der Waals surface area contributed by atoms with Crippen LogP contribution >= 0.6 is 0 Å². The Bertz CT molecular complexity index is 222. The topological polar surface area (TPSA) is 55.1 Å². The van der Waals surface area contributed by atoms with E-state index >= 15 is 0 Å². The van der Waals surface area contributed by atoms with Crippen molar-refractivity contribution < 1.29 is 4.79 Å². The van der Waals surface area contributed by atoms with Gasteiger partial charge in [0.2, 0.25) is 5.91 Å². The van der Waals surface area contributed by atoms with Gasteiger partial charge in [-0.2, -0.15) is 0 Å². The lowest BCUT2D eigenvalue weighted by Gasteiger charge is -2.23. The first-order chi connectivity index (χ1) is 8.16. The highest BCUT2D eigenvalue weighted by atomic mass is 16.1. The Labute approximate surface area is 106 Å². The largest absolute Gasteiger partial charge is 0.356 e. The van der Waals surface area contributed by atoms with E-state index in [0.717, 1.165) is 38.8 Å². The van der Waals surface area contributed by atoms with Gasteiger partial charge in [0, 0.05) is 13.0 Å². The smallest absolute Gasteiger partial charge is 0.220 e. The molecule has 0 bridgehead atoms. The summed E-state index contributed by atoms with van der Waals surface area (Å²) in [5.41, 5.74) is 5.79. The Morgan fingerprint density at radius 2 is 1.82 bits per heavy atom. The van der Waals surface area contributed by atoms with Crippen LogP contribution in [0.15, 0.2) is 0 Å². The van der Waals surface area contributed by atoms with Crippen molar-refractivity contribution in [2.75, 3.05) is 13.1 Å². The second-order valence-corrected chi connectivity index (χ2v) is 5.75. The van der Waals surface area contributed by atoms with E-state index in [0.29, 0.717) is 11.8 Å². The molecule has 100 valence electrons. The van der Waals surface area contributed by atoms with Crippen molar-refractivity contribution in [1.82, 2.24) is 5.32 Å². The molecular formula is C14H28N2O. The predicted molar refractivity (Wildman–Crippen MR) is 71.7 cm³/mol. The van der Waals surface area contributed by atoms with Crippen LogP contribution in [0, 0.1) is 5.41 Å². The van der Waals surface area contributed by atoms with Crippen LogP contribution in [-0.2, 0) is 4.79 Å². The van der Waals surface area contributed by atoms with Crippen molar-refractivity contribution >= 4 is 5.91 Å². The molecule has 0 heterocycles. The van der Waals surface area contributed by atoms with Gasteiger partial charge in [-0.25, -0.2) is 0 Å². The summed E-state index contributed by atoms with van der Waals surface area (Å²) in [4.78, 5) is 11.6. The van der Waals surface area contributed by atoms with Crippen LogP contribution < -0.4 is 11.1 Å². The summed E-state index contributed by atoms with van der Waals surface area (Å²) in [7, 11) is 0. The average molecular weight is 240 g/mol. The molecule has 3 N–H and O–H groups in total. The van der Waals surface area contributed by atoms with E-state index in [9.17, 15) is 4.79 Å². The second kappa shape index (κ2) is 7.70. The zero-order valence-electron chi connectivity index (χ0n) is 11.3. The van der Waals surface area contributed by atoms with Crippen LogP contribution in [-0.4, -0.2) is 19.0 Å². The van der Waals surface area contributed by atoms with Gasteiger partial charge in [0.15, 0.2) is 0 Å². The summed E-state index contributed by atoms with van der Waals surface area (Å²) in [6.07, 6.45) is 10.2. The van der Waals surface area contributed by atoms with E-state index in [1.165, 1.54) is 25.7 Å². The summed E-state index contributed by atoms with van der Waals surface area (Å²) >= 11 is 0.